The topological polar surface area (TPSA) is 38.0 Å². The molecule has 0 saturated heterocycles. The molecule has 0 aliphatic carbocycles. The average molecular weight is 250 g/mol. The molecule has 17 heavy (non-hydrogen) atoms. The largest absolute Gasteiger partial charge is 0.384 e. The van der Waals surface area contributed by atoms with E-state index in [1.54, 1.807) is 11.3 Å². The molecule has 0 saturated carbocycles. The maximum atomic E-state index is 10.6. The van der Waals surface area contributed by atoms with Crippen molar-refractivity contribution >= 4 is 11.3 Å². The highest BCUT2D eigenvalue weighted by Gasteiger charge is 2.26. The van der Waals surface area contributed by atoms with Crippen LogP contribution < -0.4 is 0 Å². The van der Waals surface area contributed by atoms with Crippen LogP contribution in [0.25, 0.3) is 0 Å². The van der Waals surface area contributed by atoms with Crippen molar-refractivity contribution < 1.29 is 5.11 Å². The Balaban J connectivity index is 2.25. The van der Waals surface area contributed by atoms with Gasteiger partial charge in [-0.1, -0.05) is 0 Å². The van der Waals surface area contributed by atoms with Crippen molar-refractivity contribution in [1.29, 1.82) is 0 Å². The minimum Gasteiger partial charge on any atom is -0.384 e. The third-order valence-electron chi connectivity index (χ3n) is 2.90. The highest BCUT2D eigenvalue weighted by Crippen LogP contribution is 2.30. The highest BCUT2D eigenvalue weighted by molar-refractivity contribution is 7.12. The molecule has 0 spiro atoms. The Morgan fingerprint density at radius 3 is 2.59 bits per heavy atom. The van der Waals surface area contributed by atoms with Crippen LogP contribution in [0.15, 0.2) is 18.2 Å². The van der Waals surface area contributed by atoms with Crippen LogP contribution >= 0.6 is 11.3 Å². The summed E-state index contributed by atoms with van der Waals surface area (Å²) < 4.78 is 1.84. The van der Waals surface area contributed by atoms with Crippen molar-refractivity contribution in [3.05, 3.63) is 39.3 Å². The second kappa shape index (κ2) is 4.27. The Labute approximate surface area is 106 Å². The van der Waals surface area contributed by atoms with Crippen molar-refractivity contribution in [2.45, 2.75) is 32.8 Å². The first kappa shape index (κ1) is 12.3. The van der Waals surface area contributed by atoms with E-state index in [9.17, 15) is 5.11 Å². The van der Waals surface area contributed by atoms with Crippen molar-refractivity contribution in [3.63, 3.8) is 0 Å². The normalized spacial score (nSPS) is 14.9. The molecule has 1 atom stereocenters. The number of nitrogens with zero attached hydrogens (tertiary/aromatic N) is 2. The number of thiophene rings is 1. The Morgan fingerprint density at radius 2 is 2.12 bits per heavy atom. The van der Waals surface area contributed by atoms with Crippen molar-refractivity contribution in [1.82, 2.24) is 9.78 Å². The van der Waals surface area contributed by atoms with E-state index in [0.717, 1.165) is 16.3 Å². The second-order valence-corrected chi connectivity index (χ2v) is 6.05. The van der Waals surface area contributed by atoms with Gasteiger partial charge in [-0.3, -0.25) is 4.68 Å². The van der Waals surface area contributed by atoms with Gasteiger partial charge in [-0.15, -0.1) is 11.3 Å². The third-order valence-corrected chi connectivity index (χ3v) is 4.15. The van der Waals surface area contributed by atoms with Crippen molar-refractivity contribution in [2.24, 2.45) is 7.05 Å². The molecular weight excluding hydrogens is 232 g/mol. The van der Waals surface area contributed by atoms with Gasteiger partial charge in [0.05, 0.1) is 5.69 Å². The molecule has 1 unspecified atom stereocenters. The summed E-state index contributed by atoms with van der Waals surface area (Å²) >= 11 is 1.65. The molecule has 0 aliphatic heterocycles. The number of aromatic nitrogens is 2. The van der Waals surface area contributed by atoms with Crippen LogP contribution in [0.2, 0.25) is 0 Å². The minimum atomic E-state index is -0.820. The van der Waals surface area contributed by atoms with Crippen LogP contribution in [0.1, 0.15) is 28.1 Å². The molecule has 2 aromatic rings. The lowest BCUT2D eigenvalue weighted by atomic mass is 9.98. The molecule has 0 bridgehead atoms. The standard InChI is InChI=1S/C13H18N2OS/c1-9-7-11(15(4)14-9)8-13(3,16)12-6-5-10(2)17-12/h5-7,16H,8H2,1-4H3. The molecule has 92 valence electrons. The van der Waals surface area contributed by atoms with Gasteiger partial charge in [0.1, 0.15) is 5.60 Å². The van der Waals surface area contributed by atoms with Crippen LogP contribution in [0, 0.1) is 13.8 Å². The summed E-state index contributed by atoms with van der Waals surface area (Å²) in [5, 5.41) is 14.9. The summed E-state index contributed by atoms with van der Waals surface area (Å²) in [7, 11) is 1.91. The van der Waals surface area contributed by atoms with E-state index in [1.165, 1.54) is 4.88 Å². The number of hydrogen-bond acceptors (Lipinski definition) is 3. The first-order chi connectivity index (χ1) is 7.88. The van der Waals surface area contributed by atoms with E-state index in [0.29, 0.717) is 6.42 Å². The van der Waals surface area contributed by atoms with Crippen molar-refractivity contribution in [3.8, 4) is 0 Å². The Bertz CT molecular complexity index is 525. The van der Waals surface area contributed by atoms with Gasteiger partial charge in [0.25, 0.3) is 0 Å². The summed E-state index contributed by atoms with van der Waals surface area (Å²) in [4.78, 5) is 2.23. The van der Waals surface area contributed by atoms with E-state index in [2.05, 4.69) is 12.0 Å². The van der Waals surface area contributed by atoms with Gasteiger partial charge in [0.2, 0.25) is 0 Å². The zero-order valence-corrected chi connectivity index (χ0v) is 11.5. The molecule has 0 aliphatic rings. The van der Waals surface area contributed by atoms with Gasteiger partial charge in [-0.05, 0) is 39.0 Å². The Morgan fingerprint density at radius 1 is 1.41 bits per heavy atom. The molecule has 0 amide bonds. The molecule has 0 aromatic carbocycles. The predicted octanol–water partition coefficient (Wildman–Crippen LogP) is 2.55. The van der Waals surface area contributed by atoms with Gasteiger partial charge in [-0.2, -0.15) is 5.10 Å². The molecule has 0 fully saturated rings. The van der Waals surface area contributed by atoms with E-state index >= 15 is 0 Å². The molecule has 2 heterocycles. The van der Waals surface area contributed by atoms with Gasteiger partial charge < -0.3 is 5.11 Å². The lowest BCUT2D eigenvalue weighted by molar-refractivity contribution is 0.0594. The fourth-order valence-electron chi connectivity index (χ4n) is 1.99. The molecule has 1 N–H and O–H groups in total. The third kappa shape index (κ3) is 2.58. The number of hydrogen-bond donors (Lipinski definition) is 1. The summed E-state index contributed by atoms with van der Waals surface area (Å²) in [6.07, 6.45) is 0.588. The maximum Gasteiger partial charge on any atom is 0.101 e. The zero-order valence-electron chi connectivity index (χ0n) is 10.7. The van der Waals surface area contributed by atoms with E-state index in [4.69, 9.17) is 0 Å². The molecule has 4 heteroatoms. The zero-order chi connectivity index (χ0) is 12.6. The summed E-state index contributed by atoms with van der Waals surface area (Å²) in [5.41, 5.74) is 1.22. The fourth-order valence-corrected chi connectivity index (χ4v) is 2.90. The quantitative estimate of drug-likeness (QED) is 0.909. The van der Waals surface area contributed by atoms with Gasteiger partial charge in [-0.25, -0.2) is 0 Å². The van der Waals surface area contributed by atoms with Crippen molar-refractivity contribution in [2.75, 3.05) is 0 Å². The van der Waals surface area contributed by atoms with Crippen LogP contribution in [-0.4, -0.2) is 14.9 Å². The van der Waals surface area contributed by atoms with E-state index in [-0.39, 0.29) is 0 Å². The van der Waals surface area contributed by atoms with Crippen LogP contribution in [0.3, 0.4) is 0 Å². The predicted molar refractivity (Wildman–Crippen MR) is 70.3 cm³/mol. The van der Waals surface area contributed by atoms with E-state index < -0.39 is 5.60 Å². The second-order valence-electron chi connectivity index (χ2n) is 4.76. The Kier molecular flexibility index (Phi) is 3.10. The van der Waals surface area contributed by atoms with Crippen LogP contribution in [0.5, 0.6) is 0 Å². The smallest absolute Gasteiger partial charge is 0.101 e. The fraction of sp³-hybridized carbons (Fsp3) is 0.462. The first-order valence-electron chi connectivity index (χ1n) is 5.67. The van der Waals surface area contributed by atoms with Gasteiger partial charge in [0, 0.05) is 28.9 Å². The SMILES string of the molecule is Cc1cc(CC(C)(O)c2ccc(C)s2)n(C)n1. The number of aliphatic hydroxyl groups is 1. The lowest BCUT2D eigenvalue weighted by Gasteiger charge is -2.21. The Hall–Kier alpha value is -1.13. The number of aryl methyl sites for hydroxylation is 3. The van der Waals surface area contributed by atoms with Gasteiger partial charge in [0.15, 0.2) is 0 Å². The molecule has 2 aromatic heterocycles. The summed E-state index contributed by atoms with van der Waals surface area (Å²) in [6.45, 7) is 5.88. The molecule has 3 nitrogen and oxygen atoms in total. The van der Waals surface area contributed by atoms with Crippen LogP contribution in [0.4, 0.5) is 0 Å². The molecular formula is C13H18N2OS. The first-order valence-corrected chi connectivity index (χ1v) is 6.49. The highest BCUT2D eigenvalue weighted by atomic mass is 32.1. The molecule has 2 rings (SSSR count). The molecule has 0 radical (unpaired) electrons. The summed E-state index contributed by atoms with van der Waals surface area (Å²) in [5.74, 6) is 0. The summed E-state index contributed by atoms with van der Waals surface area (Å²) in [6, 6.07) is 6.07. The average Bonchev–Trinajstić information content (AvgIpc) is 2.74. The van der Waals surface area contributed by atoms with Gasteiger partial charge >= 0.3 is 0 Å². The maximum absolute atomic E-state index is 10.6. The monoisotopic (exact) mass is 250 g/mol. The minimum absolute atomic E-state index is 0.588. The lowest BCUT2D eigenvalue weighted by Crippen LogP contribution is -2.24. The van der Waals surface area contributed by atoms with E-state index in [1.807, 2.05) is 43.8 Å². The van der Waals surface area contributed by atoms with Crippen LogP contribution in [-0.2, 0) is 19.1 Å². The number of rotatable bonds is 3.